The van der Waals surface area contributed by atoms with Crippen LogP contribution in [-0.4, -0.2) is 68.7 Å². The third-order valence-corrected chi connectivity index (χ3v) is 6.70. The first-order valence-electron chi connectivity index (χ1n) is 14.0. The van der Waals surface area contributed by atoms with E-state index in [1.54, 1.807) is 48.4 Å². The molecule has 0 aliphatic carbocycles. The van der Waals surface area contributed by atoms with E-state index >= 15 is 8.78 Å². The van der Waals surface area contributed by atoms with Crippen molar-refractivity contribution in [2.75, 3.05) is 32.5 Å². The molecule has 206 valence electrons. The van der Waals surface area contributed by atoms with Crippen LogP contribution >= 0.6 is 0 Å². The molecule has 1 atom stereocenters. The van der Waals surface area contributed by atoms with Crippen molar-refractivity contribution in [1.82, 2.24) is 29.5 Å². The highest BCUT2D eigenvalue weighted by atomic mass is 19.3. The Morgan fingerprint density at radius 2 is 2.00 bits per heavy atom. The fraction of sp³-hybridized carbons (Fsp3) is 0.286. The van der Waals surface area contributed by atoms with Crippen molar-refractivity contribution in [2.24, 2.45) is 0 Å². The summed E-state index contributed by atoms with van der Waals surface area (Å²) in [5.74, 6) is -2.30. The number of aromatic nitrogens is 5. The maximum Gasteiger partial charge on any atom is 0.296 e. The minimum absolute atomic E-state index is 0.0209. The third kappa shape index (κ3) is 4.93. The number of benzene rings is 2. The van der Waals surface area contributed by atoms with Crippen molar-refractivity contribution in [1.29, 1.82) is 0 Å². The van der Waals surface area contributed by atoms with Crippen LogP contribution in [0.5, 0.6) is 23.0 Å². The summed E-state index contributed by atoms with van der Waals surface area (Å²) in [6.45, 7) is 1.73. The van der Waals surface area contributed by atoms with Gasteiger partial charge in [-0.3, -0.25) is 0 Å². The van der Waals surface area contributed by atoms with Gasteiger partial charge in [0.1, 0.15) is 17.9 Å². The molecule has 2 aromatic carbocycles. The Hall–Kier alpha value is -4.58. The fourth-order valence-corrected chi connectivity index (χ4v) is 4.72. The number of ether oxygens (including phenoxy) is 3. The highest BCUT2D eigenvalue weighted by molar-refractivity contribution is 5.97. The Kier molecular flexibility index (Phi) is 5.67. The lowest BCUT2D eigenvalue weighted by atomic mass is 10.0. The minimum atomic E-state index is -3.19. The number of methoxy groups -OCH3 is 1. The van der Waals surface area contributed by atoms with Crippen LogP contribution in [0.4, 0.5) is 20.3 Å². The number of halogens is 2. The summed E-state index contributed by atoms with van der Waals surface area (Å²) in [6.07, 6.45) is 4.77. The van der Waals surface area contributed by atoms with Gasteiger partial charge in [0.15, 0.2) is 29.0 Å². The van der Waals surface area contributed by atoms with Crippen molar-refractivity contribution >= 4 is 28.1 Å². The predicted molar refractivity (Wildman–Crippen MR) is 145 cm³/mol. The van der Waals surface area contributed by atoms with Crippen molar-refractivity contribution < 1.29 is 27.1 Å². The van der Waals surface area contributed by atoms with E-state index in [2.05, 4.69) is 25.4 Å². The molecular weight excluding hydrogens is 520 g/mol. The number of alkyl halides is 2. The molecule has 1 fully saturated rings. The van der Waals surface area contributed by atoms with Gasteiger partial charge in [0.05, 0.1) is 47.2 Å². The van der Waals surface area contributed by atoms with Crippen LogP contribution in [0.3, 0.4) is 0 Å². The molecule has 0 spiro atoms. The van der Waals surface area contributed by atoms with Gasteiger partial charge in [-0.05, 0) is 49.9 Å². The highest BCUT2D eigenvalue weighted by Gasteiger charge is 2.46. The van der Waals surface area contributed by atoms with E-state index < -0.39 is 25.6 Å². The first-order chi connectivity index (χ1) is 20.4. The van der Waals surface area contributed by atoms with Crippen LogP contribution in [0.1, 0.15) is 16.1 Å². The molecule has 12 heteroatoms. The molecule has 40 heavy (non-hydrogen) atoms. The van der Waals surface area contributed by atoms with Gasteiger partial charge in [0.25, 0.3) is 5.92 Å². The van der Waals surface area contributed by atoms with Crippen LogP contribution in [0.25, 0.3) is 16.6 Å². The number of hydrogen-bond donors (Lipinski definition) is 1. The molecule has 1 aliphatic heterocycles. The second-order valence-corrected chi connectivity index (χ2v) is 9.64. The van der Waals surface area contributed by atoms with Crippen molar-refractivity contribution in [3.8, 4) is 23.0 Å². The monoisotopic (exact) mass is 550 g/mol. The molecule has 3 aromatic heterocycles. The number of hydrogen-bond acceptors (Lipinski definition) is 9. The van der Waals surface area contributed by atoms with Gasteiger partial charge in [-0.25, -0.2) is 28.2 Å². The van der Waals surface area contributed by atoms with Crippen molar-refractivity contribution in [2.45, 2.75) is 25.4 Å². The van der Waals surface area contributed by atoms with Gasteiger partial charge in [0.2, 0.25) is 0 Å². The Morgan fingerprint density at radius 3 is 2.83 bits per heavy atom. The van der Waals surface area contributed by atoms with Gasteiger partial charge < -0.3 is 24.4 Å². The van der Waals surface area contributed by atoms with Gasteiger partial charge in [-0.2, -0.15) is 5.10 Å². The summed E-state index contributed by atoms with van der Waals surface area (Å²) in [5, 5.41) is 7.56. The smallest absolute Gasteiger partial charge is 0.296 e. The molecule has 5 aromatic rings. The summed E-state index contributed by atoms with van der Waals surface area (Å²) >= 11 is 0. The third-order valence-electron chi connectivity index (χ3n) is 6.70. The van der Waals surface area contributed by atoms with E-state index in [4.69, 9.17) is 18.3 Å². The normalized spacial score (nSPS) is 18.6. The van der Waals surface area contributed by atoms with E-state index in [0.717, 1.165) is 5.56 Å². The number of likely N-dealkylation sites (tertiary alicyclic amines) is 1. The number of aryl methyl sites for hydroxylation is 1. The summed E-state index contributed by atoms with van der Waals surface area (Å²) in [4.78, 5) is 14.4. The molecule has 1 N–H and O–H groups in total. The first kappa shape index (κ1) is 22.3. The zero-order valence-corrected chi connectivity index (χ0v) is 21.6. The van der Waals surface area contributed by atoms with Crippen LogP contribution < -0.4 is 19.5 Å². The zero-order valence-electron chi connectivity index (χ0n) is 24.6. The topological polar surface area (TPSA) is 98.9 Å². The van der Waals surface area contributed by atoms with Crippen molar-refractivity contribution in [3.63, 3.8) is 0 Å². The molecule has 0 bridgehead atoms. The molecule has 4 heterocycles. The standard InChI is InChI=1S/C28H27F2N7O3/c1-17-12-18(4-6-21(17)39-19-13-31-24-8-10-34-37(24)14-19)35-27-25-20(32-16-33-27)5-7-22(38-3)26(25)40-23-9-11-36(2)15-28(23,29)30/h4-8,10,12-14,16,23H,9,11,15H2,1-3H3,(H,32,33,35)/t23-/m1/s1/i3D3. The van der Waals surface area contributed by atoms with Gasteiger partial charge >= 0.3 is 0 Å². The van der Waals surface area contributed by atoms with Crippen LogP contribution in [0.15, 0.2) is 61.3 Å². The molecule has 1 saturated heterocycles. The van der Waals surface area contributed by atoms with Gasteiger partial charge in [-0.15, -0.1) is 0 Å². The van der Waals surface area contributed by atoms with Crippen LogP contribution in [-0.2, 0) is 0 Å². The highest BCUT2D eigenvalue weighted by Crippen LogP contribution is 2.42. The lowest BCUT2D eigenvalue weighted by Crippen LogP contribution is -2.52. The zero-order chi connectivity index (χ0) is 30.4. The Balaban J connectivity index is 1.34. The molecule has 0 unspecified atom stereocenters. The predicted octanol–water partition coefficient (Wildman–Crippen LogP) is 5.24. The maximum absolute atomic E-state index is 15.0. The first-order valence-corrected chi connectivity index (χ1v) is 12.5. The second kappa shape index (κ2) is 10.2. The average Bonchev–Trinajstić information content (AvgIpc) is 3.40. The van der Waals surface area contributed by atoms with Crippen molar-refractivity contribution in [3.05, 3.63) is 66.9 Å². The number of fused-ring (bicyclic) bond motifs is 2. The van der Waals surface area contributed by atoms with Crippen LogP contribution in [0.2, 0.25) is 0 Å². The number of rotatable bonds is 7. The summed E-state index contributed by atoms with van der Waals surface area (Å²) in [5.41, 5.74) is 2.41. The van der Waals surface area contributed by atoms with Gasteiger partial charge in [-0.1, -0.05) is 0 Å². The Labute approximate surface area is 232 Å². The molecule has 0 saturated carbocycles. The maximum atomic E-state index is 15.0. The Bertz CT molecular complexity index is 1800. The van der Waals surface area contributed by atoms with E-state index in [0.29, 0.717) is 34.9 Å². The summed E-state index contributed by atoms with van der Waals surface area (Å²) in [7, 11) is -1.25. The molecule has 1 aliphatic rings. The molecule has 6 rings (SSSR count). The van der Waals surface area contributed by atoms with E-state index in [-0.39, 0.29) is 29.1 Å². The number of nitrogens with zero attached hydrogens (tertiary/aromatic N) is 6. The molecule has 0 amide bonds. The lowest BCUT2D eigenvalue weighted by Gasteiger charge is -2.36. The van der Waals surface area contributed by atoms with E-state index in [1.807, 2.05) is 13.0 Å². The largest absolute Gasteiger partial charge is 0.493 e. The quantitative estimate of drug-likeness (QED) is 0.292. The average molecular weight is 551 g/mol. The van der Waals surface area contributed by atoms with E-state index in [9.17, 15) is 0 Å². The van der Waals surface area contributed by atoms with Gasteiger partial charge in [0, 0.05) is 24.7 Å². The minimum Gasteiger partial charge on any atom is -0.493 e. The lowest BCUT2D eigenvalue weighted by molar-refractivity contribution is -0.135. The number of piperidine rings is 1. The summed E-state index contributed by atoms with van der Waals surface area (Å²) in [6, 6.07) is 9.98. The Morgan fingerprint density at radius 1 is 1.12 bits per heavy atom. The molecular formula is C28H27F2N7O3. The van der Waals surface area contributed by atoms with E-state index in [1.165, 1.54) is 23.4 Å². The number of anilines is 2. The molecule has 0 radical (unpaired) electrons. The number of nitrogens with one attached hydrogen (secondary N) is 1. The fourth-order valence-electron chi connectivity index (χ4n) is 4.72. The van der Waals surface area contributed by atoms with Crippen LogP contribution in [0, 0.1) is 6.92 Å². The summed E-state index contributed by atoms with van der Waals surface area (Å²) < 4.78 is 71.7. The molecule has 10 nitrogen and oxygen atoms in total. The second-order valence-electron chi connectivity index (χ2n) is 9.64. The SMILES string of the molecule is [2H]C([2H])([2H])Oc1ccc2ncnc(Nc3ccc(Oc4cnc5ccnn5c4)c(C)c3)c2c1O[C@@H]1CCN(C)CC1(F)F.